The molecule has 1 fully saturated rings. The number of hydrogen-bond donors (Lipinski definition) is 1. The van der Waals surface area contributed by atoms with Gasteiger partial charge in [0.05, 0.1) is 38.1 Å². The van der Waals surface area contributed by atoms with Crippen molar-refractivity contribution in [3.8, 4) is 23.0 Å². The van der Waals surface area contributed by atoms with Crippen LogP contribution in [0.1, 0.15) is 43.2 Å². The lowest BCUT2D eigenvalue weighted by Crippen LogP contribution is -2.29. The highest BCUT2D eigenvalue weighted by atomic mass is 16.6. The summed E-state index contributed by atoms with van der Waals surface area (Å²) in [5.41, 5.74) is 0.868. The maximum atomic E-state index is 13.4. The Morgan fingerprint density at radius 2 is 1.85 bits per heavy atom. The molecule has 1 saturated heterocycles. The van der Waals surface area contributed by atoms with Crippen LogP contribution in [0.5, 0.6) is 23.0 Å². The van der Waals surface area contributed by atoms with Crippen molar-refractivity contribution in [1.82, 2.24) is 4.90 Å². The topological polar surface area (TPSA) is 108 Å². The van der Waals surface area contributed by atoms with Crippen LogP contribution in [-0.4, -0.2) is 48.6 Å². The zero-order valence-corrected chi connectivity index (χ0v) is 22.1. The number of aliphatic hydroxyl groups excluding tert-OH is 1. The summed E-state index contributed by atoms with van der Waals surface area (Å²) >= 11 is 0. The van der Waals surface area contributed by atoms with Crippen molar-refractivity contribution < 1.29 is 38.1 Å². The third kappa shape index (κ3) is 5.30. The van der Waals surface area contributed by atoms with Gasteiger partial charge in [-0.25, -0.2) is 0 Å². The number of methoxy groups -OCH3 is 1. The van der Waals surface area contributed by atoms with Crippen LogP contribution in [0.3, 0.4) is 0 Å². The smallest absolute Gasteiger partial charge is 0.296 e. The summed E-state index contributed by atoms with van der Waals surface area (Å²) < 4.78 is 28.2. The summed E-state index contributed by atoms with van der Waals surface area (Å²) in [6.45, 7) is 5.59. The summed E-state index contributed by atoms with van der Waals surface area (Å²) in [5, 5.41) is 11.4. The first-order valence-electron chi connectivity index (χ1n) is 12.9. The molecule has 9 nitrogen and oxygen atoms in total. The molecule has 0 radical (unpaired) electrons. The predicted molar refractivity (Wildman–Crippen MR) is 142 cm³/mol. The first kappa shape index (κ1) is 26.2. The van der Waals surface area contributed by atoms with E-state index in [1.165, 1.54) is 18.3 Å². The quantitative estimate of drug-likeness (QED) is 0.230. The molecule has 2 aromatic carbocycles. The number of rotatable bonds is 9. The van der Waals surface area contributed by atoms with Gasteiger partial charge in [-0.3, -0.25) is 9.59 Å². The van der Waals surface area contributed by atoms with Crippen LogP contribution in [0.2, 0.25) is 0 Å². The minimum atomic E-state index is -0.901. The van der Waals surface area contributed by atoms with Gasteiger partial charge in [-0.2, -0.15) is 0 Å². The van der Waals surface area contributed by atoms with Gasteiger partial charge in [0.15, 0.2) is 23.0 Å². The van der Waals surface area contributed by atoms with Crippen LogP contribution in [0.15, 0.2) is 64.8 Å². The fourth-order valence-corrected chi connectivity index (χ4v) is 4.68. The van der Waals surface area contributed by atoms with E-state index in [9.17, 15) is 14.7 Å². The van der Waals surface area contributed by atoms with E-state index < -0.39 is 17.7 Å². The zero-order chi connectivity index (χ0) is 27.5. The van der Waals surface area contributed by atoms with E-state index >= 15 is 0 Å². The van der Waals surface area contributed by atoms with Crippen molar-refractivity contribution >= 4 is 17.4 Å². The standard InChI is InChI=1S/C30H31NO8/c1-18(2)10-12-37-22-8-6-19(15-24(22)35-3)27-26(29(33)30(34)31(27)17-21-5-4-11-36-21)28(32)20-7-9-23-25(16-20)39-14-13-38-23/h4-9,11,15-16,18,27,32H,10,12-14,17H2,1-3H3/b28-26+. The molecule has 5 rings (SSSR count). The number of ketones is 1. The lowest BCUT2D eigenvalue weighted by molar-refractivity contribution is -0.140. The molecule has 2 aliphatic rings. The van der Waals surface area contributed by atoms with Crippen LogP contribution in [-0.2, 0) is 16.1 Å². The van der Waals surface area contributed by atoms with Crippen molar-refractivity contribution in [2.24, 2.45) is 5.92 Å². The lowest BCUT2D eigenvalue weighted by Gasteiger charge is -2.25. The summed E-state index contributed by atoms with van der Waals surface area (Å²) in [6, 6.07) is 12.7. The number of ether oxygens (including phenoxy) is 4. The number of carbonyl (C=O) groups excluding carboxylic acids is 2. The van der Waals surface area contributed by atoms with Gasteiger partial charge in [-0.15, -0.1) is 0 Å². The molecule has 0 spiro atoms. The second-order valence-electron chi connectivity index (χ2n) is 9.81. The molecular formula is C30H31NO8. The molecule has 9 heteroatoms. The molecule has 1 atom stereocenters. The molecule has 1 amide bonds. The lowest BCUT2D eigenvalue weighted by atomic mass is 9.94. The van der Waals surface area contributed by atoms with Crippen molar-refractivity contribution in [3.63, 3.8) is 0 Å². The van der Waals surface area contributed by atoms with Crippen molar-refractivity contribution in [2.45, 2.75) is 32.9 Å². The maximum absolute atomic E-state index is 13.4. The van der Waals surface area contributed by atoms with Crippen molar-refractivity contribution in [2.75, 3.05) is 26.9 Å². The molecule has 0 saturated carbocycles. The Bertz CT molecular complexity index is 1390. The van der Waals surface area contributed by atoms with Crippen LogP contribution in [0.25, 0.3) is 5.76 Å². The van der Waals surface area contributed by atoms with E-state index in [0.29, 0.717) is 65.6 Å². The van der Waals surface area contributed by atoms with E-state index in [1.54, 1.807) is 48.5 Å². The number of benzene rings is 2. The molecule has 39 heavy (non-hydrogen) atoms. The number of fused-ring (bicyclic) bond motifs is 1. The number of furan rings is 1. The van der Waals surface area contributed by atoms with Gasteiger partial charge in [0.1, 0.15) is 24.7 Å². The van der Waals surface area contributed by atoms with Gasteiger partial charge >= 0.3 is 0 Å². The normalized spacial score (nSPS) is 18.1. The van der Waals surface area contributed by atoms with E-state index in [0.717, 1.165) is 6.42 Å². The summed E-state index contributed by atoms with van der Waals surface area (Å²) in [6.07, 6.45) is 2.38. The van der Waals surface area contributed by atoms with Crippen LogP contribution < -0.4 is 18.9 Å². The number of amides is 1. The molecule has 204 valence electrons. The fraction of sp³-hybridized carbons (Fsp3) is 0.333. The minimum Gasteiger partial charge on any atom is -0.507 e. The molecule has 3 aromatic rings. The summed E-state index contributed by atoms with van der Waals surface area (Å²) in [7, 11) is 1.53. The van der Waals surface area contributed by atoms with Gasteiger partial charge in [-0.05, 0) is 60.4 Å². The SMILES string of the molecule is COc1cc(C2/C(=C(\O)c3ccc4c(c3)OCCO4)C(=O)C(=O)N2Cc2ccco2)ccc1OCCC(C)C. The first-order chi connectivity index (χ1) is 18.9. The molecule has 0 bridgehead atoms. The van der Waals surface area contributed by atoms with Crippen LogP contribution >= 0.6 is 0 Å². The van der Waals surface area contributed by atoms with Crippen molar-refractivity contribution in [3.05, 3.63) is 77.3 Å². The minimum absolute atomic E-state index is 0.0368. The average molecular weight is 534 g/mol. The number of nitrogens with zero attached hydrogens (tertiary/aromatic N) is 1. The monoisotopic (exact) mass is 533 g/mol. The summed E-state index contributed by atoms with van der Waals surface area (Å²) in [5.74, 6) is 1.15. The van der Waals surface area contributed by atoms with Gasteiger partial charge < -0.3 is 33.4 Å². The Balaban J connectivity index is 1.58. The zero-order valence-electron chi connectivity index (χ0n) is 22.1. The molecule has 1 aromatic heterocycles. The van der Waals surface area contributed by atoms with E-state index in [1.807, 2.05) is 0 Å². The Morgan fingerprint density at radius 1 is 1.05 bits per heavy atom. The molecule has 3 heterocycles. The largest absolute Gasteiger partial charge is 0.507 e. The number of hydrogen-bond acceptors (Lipinski definition) is 8. The number of carbonyl (C=O) groups is 2. The highest BCUT2D eigenvalue weighted by Gasteiger charge is 2.46. The third-order valence-corrected chi connectivity index (χ3v) is 6.72. The van der Waals surface area contributed by atoms with Gasteiger partial charge in [0.2, 0.25) is 0 Å². The van der Waals surface area contributed by atoms with E-state index in [-0.39, 0.29) is 17.9 Å². The van der Waals surface area contributed by atoms with Crippen LogP contribution in [0, 0.1) is 5.92 Å². The Kier molecular flexibility index (Phi) is 7.49. The predicted octanol–water partition coefficient (Wildman–Crippen LogP) is 5.11. The maximum Gasteiger partial charge on any atom is 0.296 e. The Labute approximate surface area is 226 Å². The third-order valence-electron chi connectivity index (χ3n) is 6.72. The highest BCUT2D eigenvalue weighted by Crippen LogP contribution is 2.43. The summed E-state index contributed by atoms with van der Waals surface area (Å²) in [4.78, 5) is 28.1. The fourth-order valence-electron chi connectivity index (χ4n) is 4.68. The number of likely N-dealkylation sites (tertiary alicyclic amines) is 1. The Hall–Kier alpha value is -4.40. The first-order valence-corrected chi connectivity index (χ1v) is 12.9. The van der Waals surface area contributed by atoms with Gasteiger partial charge in [0.25, 0.3) is 11.7 Å². The van der Waals surface area contributed by atoms with Gasteiger partial charge in [0, 0.05) is 5.56 Å². The second kappa shape index (κ2) is 11.1. The Morgan fingerprint density at radius 3 is 2.56 bits per heavy atom. The van der Waals surface area contributed by atoms with Gasteiger partial charge in [-0.1, -0.05) is 19.9 Å². The highest BCUT2D eigenvalue weighted by molar-refractivity contribution is 6.46. The molecular weight excluding hydrogens is 502 g/mol. The van der Waals surface area contributed by atoms with Crippen LogP contribution in [0.4, 0.5) is 0 Å². The molecule has 1 unspecified atom stereocenters. The molecule has 0 aliphatic carbocycles. The number of Topliss-reactive ketones (excluding diaryl/α,β-unsaturated/α-hetero) is 1. The van der Waals surface area contributed by atoms with Crippen molar-refractivity contribution in [1.29, 1.82) is 0 Å². The van der Waals surface area contributed by atoms with E-state index in [2.05, 4.69) is 13.8 Å². The number of aliphatic hydroxyl groups is 1. The molecule has 2 aliphatic heterocycles. The van der Waals surface area contributed by atoms with E-state index in [4.69, 9.17) is 23.4 Å². The molecule has 1 N–H and O–H groups in total. The average Bonchev–Trinajstić information content (AvgIpc) is 3.55. The second-order valence-corrected chi connectivity index (χ2v) is 9.81.